The van der Waals surface area contributed by atoms with Gasteiger partial charge in [0.2, 0.25) is 0 Å². The van der Waals surface area contributed by atoms with Crippen molar-refractivity contribution < 1.29 is 0 Å². The third-order valence-electron chi connectivity index (χ3n) is 3.58. The molecule has 20 heavy (non-hydrogen) atoms. The van der Waals surface area contributed by atoms with Crippen LogP contribution in [0.3, 0.4) is 0 Å². The van der Waals surface area contributed by atoms with Gasteiger partial charge in [0.05, 0.1) is 21.7 Å². The first-order valence-electron chi connectivity index (χ1n) is 6.95. The van der Waals surface area contributed by atoms with E-state index in [0.717, 1.165) is 24.6 Å². The van der Waals surface area contributed by atoms with E-state index < -0.39 is 0 Å². The molecule has 1 aliphatic rings. The van der Waals surface area contributed by atoms with Gasteiger partial charge in [-0.15, -0.1) is 11.3 Å². The molecule has 0 spiro atoms. The molecule has 0 saturated carbocycles. The van der Waals surface area contributed by atoms with Gasteiger partial charge in [-0.05, 0) is 60.0 Å². The molecule has 3 nitrogen and oxygen atoms in total. The van der Waals surface area contributed by atoms with E-state index in [1.54, 1.807) is 11.3 Å². The number of nitrogens with one attached hydrogen (secondary N) is 1. The van der Waals surface area contributed by atoms with Crippen molar-refractivity contribution in [2.45, 2.75) is 25.8 Å². The maximum atomic E-state index is 4.57. The first-order valence-corrected chi connectivity index (χ1v) is 8.56. The van der Waals surface area contributed by atoms with Crippen LogP contribution < -0.4 is 10.2 Å². The van der Waals surface area contributed by atoms with Gasteiger partial charge < -0.3 is 10.2 Å². The van der Waals surface area contributed by atoms with Gasteiger partial charge in [0, 0.05) is 18.0 Å². The van der Waals surface area contributed by atoms with Crippen molar-refractivity contribution in [3.63, 3.8) is 0 Å². The molecule has 1 unspecified atom stereocenters. The summed E-state index contributed by atoms with van der Waals surface area (Å²) in [6.07, 6.45) is 4.50. The van der Waals surface area contributed by atoms with E-state index in [0.29, 0.717) is 6.04 Å². The Morgan fingerprint density at radius 1 is 1.25 bits per heavy atom. The van der Waals surface area contributed by atoms with Gasteiger partial charge in [0.1, 0.15) is 5.82 Å². The number of hydrogen-bond acceptors (Lipinski definition) is 4. The molecule has 2 aromatic rings. The highest BCUT2D eigenvalue weighted by Gasteiger charge is 2.13. The van der Waals surface area contributed by atoms with Crippen molar-refractivity contribution >= 4 is 38.8 Å². The summed E-state index contributed by atoms with van der Waals surface area (Å²) >= 11 is 5.27. The number of thiophene rings is 1. The summed E-state index contributed by atoms with van der Waals surface area (Å²) < 4.78 is 1.17. The van der Waals surface area contributed by atoms with Gasteiger partial charge in [-0.3, -0.25) is 0 Å². The third-order valence-corrected chi connectivity index (χ3v) is 5.39. The predicted octanol–water partition coefficient (Wildman–Crippen LogP) is 4.68. The van der Waals surface area contributed by atoms with Crippen LogP contribution >= 0.6 is 27.3 Å². The first kappa shape index (κ1) is 13.9. The molecular formula is C15H18BrN3S. The summed E-state index contributed by atoms with van der Waals surface area (Å²) in [6.45, 7) is 4.45. The first-order chi connectivity index (χ1) is 9.72. The maximum Gasteiger partial charge on any atom is 0.128 e. The number of rotatable bonds is 4. The van der Waals surface area contributed by atoms with Gasteiger partial charge >= 0.3 is 0 Å². The molecule has 1 N–H and O–H groups in total. The average Bonchev–Trinajstić information content (AvgIpc) is 3.10. The largest absolute Gasteiger partial charge is 0.376 e. The summed E-state index contributed by atoms with van der Waals surface area (Å²) in [5.41, 5.74) is 1.07. The van der Waals surface area contributed by atoms with Crippen LogP contribution in [0.4, 0.5) is 11.5 Å². The molecule has 1 atom stereocenters. The molecule has 0 aliphatic carbocycles. The minimum atomic E-state index is 0.297. The lowest BCUT2D eigenvalue weighted by atomic mass is 10.2. The second-order valence-corrected chi connectivity index (χ2v) is 7.60. The molecule has 0 radical (unpaired) electrons. The third kappa shape index (κ3) is 3.15. The van der Waals surface area contributed by atoms with Crippen molar-refractivity contribution in [2.75, 3.05) is 23.3 Å². The number of anilines is 2. The number of nitrogens with zero attached hydrogens (tertiary/aromatic N) is 2. The quantitative estimate of drug-likeness (QED) is 0.866. The van der Waals surface area contributed by atoms with Crippen molar-refractivity contribution in [3.05, 3.63) is 39.1 Å². The molecule has 0 bridgehead atoms. The van der Waals surface area contributed by atoms with Crippen LogP contribution in [0.1, 0.15) is 30.7 Å². The topological polar surface area (TPSA) is 28.2 Å². The van der Waals surface area contributed by atoms with E-state index in [4.69, 9.17) is 0 Å². The zero-order valence-electron chi connectivity index (χ0n) is 11.5. The lowest BCUT2D eigenvalue weighted by Crippen LogP contribution is -2.18. The summed E-state index contributed by atoms with van der Waals surface area (Å²) in [6, 6.07) is 8.78. The lowest BCUT2D eigenvalue weighted by molar-refractivity contribution is 0.901. The molecule has 106 valence electrons. The predicted molar refractivity (Wildman–Crippen MR) is 89.7 cm³/mol. The Morgan fingerprint density at radius 2 is 2.05 bits per heavy atom. The molecule has 5 heteroatoms. The second kappa shape index (κ2) is 6.14. The smallest absolute Gasteiger partial charge is 0.128 e. The molecule has 3 rings (SSSR count). The monoisotopic (exact) mass is 351 g/mol. The number of aromatic nitrogens is 1. The molecule has 2 aromatic heterocycles. The fraction of sp³-hybridized carbons (Fsp3) is 0.400. The van der Waals surface area contributed by atoms with Gasteiger partial charge in [-0.2, -0.15) is 0 Å². The Morgan fingerprint density at radius 3 is 2.65 bits per heavy atom. The van der Waals surface area contributed by atoms with Crippen LogP contribution in [-0.4, -0.2) is 18.1 Å². The summed E-state index contributed by atoms with van der Waals surface area (Å²) in [5.74, 6) is 1.10. The lowest BCUT2D eigenvalue weighted by Gasteiger charge is -2.18. The average molecular weight is 352 g/mol. The minimum Gasteiger partial charge on any atom is -0.376 e. The Hall–Kier alpha value is -1.07. The van der Waals surface area contributed by atoms with Gasteiger partial charge in [0.15, 0.2) is 0 Å². The van der Waals surface area contributed by atoms with Crippen molar-refractivity contribution in [3.8, 4) is 0 Å². The molecule has 0 aromatic carbocycles. The standard InChI is InChI=1S/C15H18BrN3S/c1-11(13-5-6-14(16)20-13)18-12-4-7-15(17-10-12)19-8-2-3-9-19/h4-7,10-11,18H,2-3,8-9H2,1H3. The number of hydrogen-bond donors (Lipinski definition) is 1. The highest BCUT2D eigenvalue weighted by atomic mass is 79.9. The normalized spacial score (nSPS) is 16.4. The SMILES string of the molecule is CC(Nc1ccc(N2CCCC2)nc1)c1ccc(Br)s1. The van der Waals surface area contributed by atoms with Crippen molar-refractivity contribution in [1.29, 1.82) is 0 Å². The maximum absolute atomic E-state index is 4.57. The highest BCUT2D eigenvalue weighted by molar-refractivity contribution is 9.11. The molecule has 3 heterocycles. The molecule has 1 saturated heterocycles. The Labute approximate surface area is 132 Å². The Bertz CT molecular complexity index is 561. The zero-order valence-corrected chi connectivity index (χ0v) is 13.9. The van der Waals surface area contributed by atoms with E-state index in [1.807, 2.05) is 6.20 Å². The Kier molecular flexibility index (Phi) is 4.27. The van der Waals surface area contributed by atoms with Crippen LogP contribution in [0.5, 0.6) is 0 Å². The summed E-state index contributed by atoms with van der Waals surface area (Å²) in [5, 5.41) is 3.50. The number of halogens is 1. The summed E-state index contributed by atoms with van der Waals surface area (Å²) in [7, 11) is 0. The van der Waals surface area contributed by atoms with E-state index in [-0.39, 0.29) is 0 Å². The van der Waals surface area contributed by atoms with Crippen LogP contribution in [0, 0.1) is 0 Å². The fourth-order valence-corrected chi connectivity index (χ4v) is 3.91. The Balaban J connectivity index is 1.65. The van der Waals surface area contributed by atoms with Crippen LogP contribution in [-0.2, 0) is 0 Å². The summed E-state index contributed by atoms with van der Waals surface area (Å²) in [4.78, 5) is 8.24. The van der Waals surface area contributed by atoms with E-state index in [9.17, 15) is 0 Å². The van der Waals surface area contributed by atoms with Crippen LogP contribution in [0.15, 0.2) is 34.2 Å². The van der Waals surface area contributed by atoms with Gasteiger partial charge in [0.25, 0.3) is 0 Å². The zero-order chi connectivity index (χ0) is 13.9. The molecule has 1 aliphatic heterocycles. The van der Waals surface area contributed by atoms with E-state index >= 15 is 0 Å². The number of pyridine rings is 1. The molecule has 1 fully saturated rings. The molecular weight excluding hydrogens is 334 g/mol. The van der Waals surface area contributed by atoms with Crippen LogP contribution in [0.2, 0.25) is 0 Å². The molecule has 0 amide bonds. The van der Waals surface area contributed by atoms with Crippen molar-refractivity contribution in [2.24, 2.45) is 0 Å². The fourth-order valence-electron chi connectivity index (χ4n) is 2.49. The highest BCUT2D eigenvalue weighted by Crippen LogP contribution is 2.29. The van der Waals surface area contributed by atoms with Gasteiger partial charge in [-0.1, -0.05) is 0 Å². The van der Waals surface area contributed by atoms with E-state index in [1.165, 1.54) is 21.5 Å². The van der Waals surface area contributed by atoms with E-state index in [2.05, 4.69) is 62.3 Å². The van der Waals surface area contributed by atoms with Crippen LogP contribution in [0.25, 0.3) is 0 Å². The minimum absolute atomic E-state index is 0.297. The second-order valence-electron chi connectivity index (χ2n) is 5.11. The van der Waals surface area contributed by atoms with Gasteiger partial charge in [-0.25, -0.2) is 4.98 Å². The van der Waals surface area contributed by atoms with Crippen molar-refractivity contribution in [1.82, 2.24) is 4.98 Å².